The van der Waals surface area contributed by atoms with E-state index in [1.807, 2.05) is 13.0 Å². The van der Waals surface area contributed by atoms with Crippen LogP contribution < -0.4 is 5.73 Å². The van der Waals surface area contributed by atoms with Crippen LogP contribution in [0.25, 0.3) is 0 Å². The van der Waals surface area contributed by atoms with E-state index in [0.717, 1.165) is 18.4 Å². The molecule has 1 fully saturated rings. The smallest absolute Gasteiger partial charge is 0.127 e. The molecule has 2 N–H and O–H groups in total. The van der Waals surface area contributed by atoms with Crippen molar-refractivity contribution in [2.24, 2.45) is 11.7 Å². The summed E-state index contributed by atoms with van der Waals surface area (Å²) in [6.45, 7) is 1.99. The molecule has 0 heterocycles. The van der Waals surface area contributed by atoms with Gasteiger partial charge in [-0.1, -0.05) is 43.4 Å². The third-order valence-corrected chi connectivity index (χ3v) is 3.92. The zero-order chi connectivity index (χ0) is 12.3. The topological polar surface area (TPSA) is 26.0 Å². The normalized spacial score (nSPS) is 19.9. The summed E-state index contributed by atoms with van der Waals surface area (Å²) in [5, 5.41) is 0. The second kappa shape index (κ2) is 5.63. The molecule has 0 radical (unpaired) electrons. The maximum absolute atomic E-state index is 13.8. The van der Waals surface area contributed by atoms with Crippen LogP contribution in [0.2, 0.25) is 0 Å². The summed E-state index contributed by atoms with van der Waals surface area (Å²) in [6, 6.07) is 5.12. The summed E-state index contributed by atoms with van der Waals surface area (Å²) in [5.41, 5.74) is 8.06. The molecule has 2 heteroatoms. The fourth-order valence-corrected chi connectivity index (χ4v) is 2.84. The molecule has 1 aliphatic rings. The molecular weight excluding hydrogens is 213 g/mol. The fourth-order valence-electron chi connectivity index (χ4n) is 2.84. The largest absolute Gasteiger partial charge is 0.324 e. The minimum absolute atomic E-state index is 0.131. The van der Waals surface area contributed by atoms with Gasteiger partial charge in [-0.25, -0.2) is 4.39 Å². The van der Waals surface area contributed by atoms with E-state index >= 15 is 0 Å². The molecular formula is C15H22FN. The Hall–Kier alpha value is -0.890. The van der Waals surface area contributed by atoms with Crippen LogP contribution in [-0.4, -0.2) is 0 Å². The van der Waals surface area contributed by atoms with Gasteiger partial charge in [0.15, 0.2) is 0 Å². The van der Waals surface area contributed by atoms with Crippen molar-refractivity contribution in [1.82, 2.24) is 0 Å². The van der Waals surface area contributed by atoms with Crippen LogP contribution in [0.4, 0.5) is 4.39 Å². The first-order chi connectivity index (χ1) is 8.18. The van der Waals surface area contributed by atoms with Crippen molar-refractivity contribution in [1.29, 1.82) is 0 Å². The van der Waals surface area contributed by atoms with Crippen LogP contribution in [-0.2, 0) is 0 Å². The molecule has 2 rings (SSSR count). The average Bonchev–Trinajstić information content (AvgIpc) is 2.60. The van der Waals surface area contributed by atoms with Crippen molar-refractivity contribution < 1.29 is 4.39 Å². The molecule has 0 bridgehead atoms. The van der Waals surface area contributed by atoms with Crippen molar-refractivity contribution in [2.75, 3.05) is 0 Å². The van der Waals surface area contributed by atoms with E-state index in [4.69, 9.17) is 5.73 Å². The fraction of sp³-hybridized carbons (Fsp3) is 0.600. The summed E-state index contributed by atoms with van der Waals surface area (Å²) in [7, 11) is 0. The second-order valence-corrected chi connectivity index (χ2v) is 5.30. The highest BCUT2D eigenvalue weighted by Gasteiger charge is 2.23. The molecule has 0 aromatic heterocycles. The zero-order valence-corrected chi connectivity index (χ0v) is 10.6. The van der Waals surface area contributed by atoms with Crippen LogP contribution in [0.15, 0.2) is 18.2 Å². The number of hydrogen-bond donors (Lipinski definition) is 1. The van der Waals surface area contributed by atoms with Gasteiger partial charge in [0, 0.05) is 11.6 Å². The number of hydrogen-bond acceptors (Lipinski definition) is 1. The van der Waals surface area contributed by atoms with E-state index in [0.29, 0.717) is 11.5 Å². The van der Waals surface area contributed by atoms with Gasteiger partial charge in [0.1, 0.15) is 5.82 Å². The maximum atomic E-state index is 13.8. The third-order valence-electron chi connectivity index (χ3n) is 3.92. The molecule has 1 saturated carbocycles. The van der Waals surface area contributed by atoms with Crippen molar-refractivity contribution in [3.63, 3.8) is 0 Å². The predicted octanol–water partition coefficient (Wildman–Crippen LogP) is 4.10. The van der Waals surface area contributed by atoms with E-state index < -0.39 is 0 Å². The zero-order valence-electron chi connectivity index (χ0n) is 10.6. The standard InChI is InChI=1S/C15H22FN/c1-11-8-9-14(16)13(10-11)15(17)12-6-4-2-3-5-7-12/h8-10,12,15H,2-7,17H2,1H3. The number of aryl methyl sites for hydroxylation is 1. The van der Waals surface area contributed by atoms with Gasteiger partial charge in [-0.3, -0.25) is 0 Å². The van der Waals surface area contributed by atoms with Crippen LogP contribution in [0.3, 0.4) is 0 Å². The van der Waals surface area contributed by atoms with Gasteiger partial charge in [-0.05, 0) is 31.7 Å². The lowest BCUT2D eigenvalue weighted by molar-refractivity contribution is 0.373. The molecule has 1 aromatic rings. The van der Waals surface area contributed by atoms with Crippen LogP contribution in [0.5, 0.6) is 0 Å². The van der Waals surface area contributed by atoms with E-state index in [1.165, 1.54) is 25.7 Å². The van der Waals surface area contributed by atoms with Gasteiger partial charge < -0.3 is 5.73 Å². The highest BCUT2D eigenvalue weighted by molar-refractivity contribution is 5.27. The van der Waals surface area contributed by atoms with E-state index in [9.17, 15) is 4.39 Å². The highest BCUT2D eigenvalue weighted by Crippen LogP contribution is 2.33. The van der Waals surface area contributed by atoms with Gasteiger partial charge in [0.05, 0.1) is 0 Å². The molecule has 1 nitrogen and oxygen atoms in total. The second-order valence-electron chi connectivity index (χ2n) is 5.30. The lowest BCUT2D eigenvalue weighted by Gasteiger charge is -2.23. The predicted molar refractivity (Wildman–Crippen MR) is 69.3 cm³/mol. The van der Waals surface area contributed by atoms with Crippen LogP contribution in [0.1, 0.15) is 55.7 Å². The Morgan fingerprint density at radius 2 is 1.82 bits per heavy atom. The number of halogens is 1. The van der Waals surface area contributed by atoms with Crippen molar-refractivity contribution in [3.05, 3.63) is 35.1 Å². The molecule has 1 aromatic carbocycles. The molecule has 1 unspecified atom stereocenters. The first-order valence-corrected chi connectivity index (χ1v) is 6.70. The summed E-state index contributed by atoms with van der Waals surface area (Å²) in [4.78, 5) is 0. The number of nitrogens with two attached hydrogens (primary N) is 1. The maximum Gasteiger partial charge on any atom is 0.127 e. The Balaban J connectivity index is 2.16. The van der Waals surface area contributed by atoms with Gasteiger partial charge in [-0.2, -0.15) is 0 Å². The van der Waals surface area contributed by atoms with E-state index in [2.05, 4.69) is 0 Å². The summed E-state index contributed by atoms with van der Waals surface area (Å²) < 4.78 is 13.8. The van der Waals surface area contributed by atoms with Crippen molar-refractivity contribution in [3.8, 4) is 0 Å². The third kappa shape index (κ3) is 3.06. The molecule has 0 aliphatic heterocycles. The van der Waals surface area contributed by atoms with Crippen LogP contribution in [0, 0.1) is 18.7 Å². The highest BCUT2D eigenvalue weighted by atomic mass is 19.1. The van der Waals surface area contributed by atoms with Gasteiger partial charge >= 0.3 is 0 Å². The van der Waals surface area contributed by atoms with Gasteiger partial charge in [0.2, 0.25) is 0 Å². The lowest BCUT2D eigenvalue weighted by atomic mass is 9.87. The minimum Gasteiger partial charge on any atom is -0.324 e. The Kier molecular flexibility index (Phi) is 4.16. The first-order valence-electron chi connectivity index (χ1n) is 6.70. The Morgan fingerprint density at radius 3 is 2.47 bits per heavy atom. The quantitative estimate of drug-likeness (QED) is 0.767. The monoisotopic (exact) mass is 235 g/mol. The number of benzene rings is 1. The van der Waals surface area contributed by atoms with Crippen LogP contribution >= 0.6 is 0 Å². The molecule has 0 amide bonds. The lowest BCUT2D eigenvalue weighted by Crippen LogP contribution is -2.22. The average molecular weight is 235 g/mol. The molecule has 17 heavy (non-hydrogen) atoms. The molecule has 0 saturated heterocycles. The van der Waals surface area contributed by atoms with E-state index in [-0.39, 0.29) is 11.9 Å². The van der Waals surface area contributed by atoms with Crippen molar-refractivity contribution in [2.45, 2.75) is 51.5 Å². The molecule has 1 aliphatic carbocycles. The molecule has 1 atom stereocenters. The summed E-state index contributed by atoms with van der Waals surface area (Å²) >= 11 is 0. The Morgan fingerprint density at radius 1 is 1.18 bits per heavy atom. The Bertz CT molecular complexity index is 367. The Labute approximate surface area is 103 Å². The number of rotatable bonds is 2. The molecule has 94 valence electrons. The molecule has 0 spiro atoms. The summed E-state index contributed by atoms with van der Waals surface area (Å²) in [5.74, 6) is 0.307. The SMILES string of the molecule is Cc1ccc(F)c(C(N)C2CCCCCC2)c1. The van der Waals surface area contributed by atoms with Gasteiger partial charge in [-0.15, -0.1) is 0 Å². The minimum atomic E-state index is -0.146. The van der Waals surface area contributed by atoms with E-state index in [1.54, 1.807) is 12.1 Å². The van der Waals surface area contributed by atoms with Gasteiger partial charge in [0.25, 0.3) is 0 Å². The van der Waals surface area contributed by atoms with Crippen molar-refractivity contribution >= 4 is 0 Å². The first kappa shape index (κ1) is 12.6. The summed E-state index contributed by atoms with van der Waals surface area (Å²) in [6.07, 6.45) is 7.39.